The molecule has 2 rings (SSSR count). The standard InChI is InChI=1S/C13H14BrNS/c1-9-3-4-12(14)11(7-9)13(15-2)10-5-6-16-8-10/h3-8,13,15H,1-2H3. The molecule has 3 heteroatoms. The number of halogens is 1. The predicted octanol–water partition coefficient (Wildman–Crippen LogP) is 4.13. The molecule has 1 atom stereocenters. The van der Waals surface area contributed by atoms with Crippen molar-refractivity contribution in [2.75, 3.05) is 7.05 Å². The number of benzene rings is 1. The van der Waals surface area contributed by atoms with Gasteiger partial charge in [0.2, 0.25) is 0 Å². The van der Waals surface area contributed by atoms with Crippen LogP contribution in [0.3, 0.4) is 0 Å². The molecule has 0 bridgehead atoms. The van der Waals surface area contributed by atoms with Crippen molar-refractivity contribution >= 4 is 27.3 Å². The first-order chi connectivity index (χ1) is 7.72. The molecule has 0 aliphatic rings. The van der Waals surface area contributed by atoms with Crippen molar-refractivity contribution in [2.45, 2.75) is 13.0 Å². The molecule has 0 saturated carbocycles. The summed E-state index contributed by atoms with van der Waals surface area (Å²) in [4.78, 5) is 0. The Balaban J connectivity index is 2.44. The molecule has 1 aromatic carbocycles. The fourth-order valence-electron chi connectivity index (χ4n) is 1.83. The summed E-state index contributed by atoms with van der Waals surface area (Å²) >= 11 is 5.35. The molecule has 1 nitrogen and oxygen atoms in total. The summed E-state index contributed by atoms with van der Waals surface area (Å²) in [5, 5.41) is 7.67. The van der Waals surface area contributed by atoms with E-state index in [1.165, 1.54) is 16.7 Å². The molecular formula is C13H14BrNS. The van der Waals surface area contributed by atoms with E-state index in [2.05, 4.69) is 63.2 Å². The first-order valence-electron chi connectivity index (χ1n) is 5.18. The van der Waals surface area contributed by atoms with E-state index < -0.39 is 0 Å². The molecular weight excluding hydrogens is 282 g/mol. The Kier molecular flexibility index (Phi) is 3.79. The summed E-state index contributed by atoms with van der Waals surface area (Å²) in [6.45, 7) is 2.12. The van der Waals surface area contributed by atoms with E-state index in [1.807, 2.05) is 7.05 Å². The Bertz CT molecular complexity index is 465. The fourth-order valence-corrected chi connectivity index (χ4v) is 2.99. The lowest BCUT2D eigenvalue weighted by Gasteiger charge is -2.17. The molecule has 1 heterocycles. The Morgan fingerprint density at radius 1 is 1.31 bits per heavy atom. The van der Waals surface area contributed by atoms with Crippen LogP contribution in [0.2, 0.25) is 0 Å². The van der Waals surface area contributed by atoms with Gasteiger partial charge in [-0.05, 0) is 48.0 Å². The molecule has 0 radical (unpaired) electrons. The van der Waals surface area contributed by atoms with Crippen molar-refractivity contribution in [1.29, 1.82) is 0 Å². The zero-order chi connectivity index (χ0) is 11.5. The SMILES string of the molecule is CNC(c1ccsc1)c1cc(C)ccc1Br. The summed E-state index contributed by atoms with van der Waals surface area (Å²) in [5.74, 6) is 0. The van der Waals surface area contributed by atoms with Gasteiger partial charge in [0.05, 0.1) is 6.04 Å². The van der Waals surface area contributed by atoms with Crippen LogP contribution < -0.4 is 5.32 Å². The molecule has 2 aromatic rings. The Morgan fingerprint density at radius 3 is 2.75 bits per heavy atom. The predicted molar refractivity (Wildman–Crippen MR) is 74.1 cm³/mol. The minimum absolute atomic E-state index is 0.264. The third-order valence-corrected chi connectivity index (χ3v) is 4.05. The second-order valence-corrected chi connectivity index (χ2v) is 5.44. The summed E-state index contributed by atoms with van der Waals surface area (Å²) in [7, 11) is 2.00. The van der Waals surface area contributed by atoms with Crippen molar-refractivity contribution in [3.8, 4) is 0 Å². The summed E-state index contributed by atoms with van der Waals surface area (Å²) in [6.07, 6.45) is 0. The molecule has 0 amide bonds. The lowest BCUT2D eigenvalue weighted by Crippen LogP contribution is -2.17. The van der Waals surface area contributed by atoms with E-state index in [0.717, 1.165) is 4.47 Å². The van der Waals surface area contributed by atoms with Gasteiger partial charge in [-0.25, -0.2) is 0 Å². The van der Waals surface area contributed by atoms with Crippen LogP contribution in [0, 0.1) is 6.92 Å². The summed E-state index contributed by atoms with van der Waals surface area (Å²) in [6, 6.07) is 8.89. The first kappa shape index (κ1) is 11.8. The zero-order valence-corrected chi connectivity index (χ0v) is 11.7. The molecule has 0 saturated heterocycles. The molecule has 1 unspecified atom stereocenters. The first-order valence-corrected chi connectivity index (χ1v) is 6.91. The topological polar surface area (TPSA) is 12.0 Å². The largest absolute Gasteiger partial charge is 0.309 e. The van der Waals surface area contributed by atoms with Gasteiger partial charge >= 0.3 is 0 Å². The van der Waals surface area contributed by atoms with Gasteiger partial charge in [0, 0.05) is 4.47 Å². The van der Waals surface area contributed by atoms with E-state index in [1.54, 1.807) is 11.3 Å². The maximum atomic E-state index is 3.62. The molecule has 1 aromatic heterocycles. The summed E-state index contributed by atoms with van der Waals surface area (Å²) in [5.41, 5.74) is 3.90. The van der Waals surface area contributed by atoms with Crippen LogP contribution >= 0.6 is 27.3 Å². The van der Waals surface area contributed by atoms with Crippen molar-refractivity contribution in [2.24, 2.45) is 0 Å². The Labute approximate surface area is 109 Å². The van der Waals surface area contributed by atoms with Gasteiger partial charge in [0.15, 0.2) is 0 Å². The lowest BCUT2D eigenvalue weighted by atomic mass is 10.00. The quantitative estimate of drug-likeness (QED) is 0.898. The van der Waals surface area contributed by atoms with E-state index in [0.29, 0.717) is 0 Å². The monoisotopic (exact) mass is 295 g/mol. The fraction of sp³-hybridized carbons (Fsp3) is 0.231. The van der Waals surface area contributed by atoms with Gasteiger partial charge in [-0.15, -0.1) is 0 Å². The highest BCUT2D eigenvalue weighted by Gasteiger charge is 2.15. The highest BCUT2D eigenvalue weighted by Crippen LogP contribution is 2.30. The van der Waals surface area contributed by atoms with Crippen molar-refractivity contribution < 1.29 is 0 Å². The lowest BCUT2D eigenvalue weighted by molar-refractivity contribution is 0.691. The average Bonchev–Trinajstić information content (AvgIpc) is 2.78. The van der Waals surface area contributed by atoms with Gasteiger partial charge in [0.25, 0.3) is 0 Å². The van der Waals surface area contributed by atoms with Gasteiger partial charge in [-0.2, -0.15) is 11.3 Å². The molecule has 1 N–H and O–H groups in total. The molecule has 0 aliphatic heterocycles. The van der Waals surface area contributed by atoms with Crippen LogP contribution in [0.25, 0.3) is 0 Å². The Morgan fingerprint density at radius 2 is 2.12 bits per heavy atom. The second-order valence-electron chi connectivity index (χ2n) is 3.80. The zero-order valence-electron chi connectivity index (χ0n) is 9.33. The van der Waals surface area contributed by atoms with Crippen LogP contribution in [0.5, 0.6) is 0 Å². The van der Waals surface area contributed by atoms with Gasteiger partial charge < -0.3 is 5.32 Å². The van der Waals surface area contributed by atoms with E-state index in [9.17, 15) is 0 Å². The number of hydrogen-bond acceptors (Lipinski definition) is 2. The van der Waals surface area contributed by atoms with E-state index >= 15 is 0 Å². The van der Waals surface area contributed by atoms with Gasteiger partial charge in [0.1, 0.15) is 0 Å². The van der Waals surface area contributed by atoms with Gasteiger partial charge in [-0.1, -0.05) is 33.6 Å². The Hall–Kier alpha value is -0.640. The third-order valence-electron chi connectivity index (χ3n) is 2.63. The third kappa shape index (κ3) is 2.37. The number of hydrogen-bond donors (Lipinski definition) is 1. The smallest absolute Gasteiger partial charge is 0.0593 e. The summed E-state index contributed by atoms with van der Waals surface area (Å²) < 4.78 is 1.16. The number of rotatable bonds is 3. The normalized spacial score (nSPS) is 12.7. The van der Waals surface area contributed by atoms with Crippen molar-refractivity contribution in [1.82, 2.24) is 5.32 Å². The maximum absolute atomic E-state index is 3.62. The van der Waals surface area contributed by atoms with E-state index in [4.69, 9.17) is 0 Å². The van der Waals surface area contributed by atoms with Gasteiger partial charge in [-0.3, -0.25) is 0 Å². The molecule has 0 fully saturated rings. The van der Waals surface area contributed by atoms with Crippen LogP contribution in [0.4, 0.5) is 0 Å². The minimum atomic E-state index is 0.264. The van der Waals surface area contributed by atoms with Crippen LogP contribution in [0.15, 0.2) is 39.5 Å². The van der Waals surface area contributed by atoms with Crippen LogP contribution in [0.1, 0.15) is 22.7 Å². The number of thiophene rings is 1. The maximum Gasteiger partial charge on any atom is 0.0593 e. The molecule has 0 spiro atoms. The van der Waals surface area contributed by atoms with Crippen molar-refractivity contribution in [3.05, 3.63) is 56.2 Å². The van der Waals surface area contributed by atoms with Crippen LogP contribution in [-0.4, -0.2) is 7.05 Å². The number of nitrogens with one attached hydrogen (secondary N) is 1. The average molecular weight is 296 g/mol. The number of aryl methyl sites for hydroxylation is 1. The highest BCUT2D eigenvalue weighted by atomic mass is 79.9. The highest BCUT2D eigenvalue weighted by molar-refractivity contribution is 9.10. The van der Waals surface area contributed by atoms with Crippen molar-refractivity contribution in [3.63, 3.8) is 0 Å². The molecule has 16 heavy (non-hydrogen) atoms. The van der Waals surface area contributed by atoms with Crippen LogP contribution in [-0.2, 0) is 0 Å². The minimum Gasteiger partial charge on any atom is -0.309 e. The van der Waals surface area contributed by atoms with E-state index in [-0.39, 0.29) is 6.04 Å². The molecule has 0 aliphatic carbocycles. The second kappa shape index (κ2) is 5.13. The molecule has 84 valence electrons.